The van der Waals surface area contributed by atoms with Crippen molar-refractivity contribution in [1.82, 2.24) is 19.7 Å². The van der Waals surface area contributed by atoms with Gasteiger partial charge in [-0.05, 0) is 26.3 Å². The lowest BCUT2D eigenvalue weighted by Crippen LogP contribution is -2.12. The van der Waals surface area contributed by atoms with Crippen molar-refractivity contribution >= 4 is 5.82 Å². The fraction of sp³-hybridized carbons (Fsp3) is 0.462. The quantitative estimate of drug-likeness (QED) is 0.860. The van der Waals surface area contributed by atoms with Crippen molar-refractivity contribution < 1.29 is 4.74 Å². The number of anilines is 1. The zero-order valence-electron chi connectivity index (χ0n) is 11.5. The van der Waals surface area contributed by atoms with Gasteiger partial charge in [0.05, 0.1) is 18.8 Å². The standard InChI is InChI=1S/C13H19N5O/c1-10(2)19-13-6-12(15-9-16-13)14-4-5-18-8-11(3)7-17-18/h6-10H,4-5H2,1-3H3,(H,14,15,16). The smallest absolute Gasteiger partial charge is 0.218 e. The van der Waals surface area contributed by atoms with E-state index in [0.717, 1.165) is 24.5 Å². The van der Waals surface area contributed by atoms with Gasteiger partial charge in [-0.2, -0.15) is 5.10 Å². The van der Waals surface area contributed by atoms with Crippen molar-refractivity contribution in [3.8, 4) is 5.88 Å². The molecule has 0 aliphatic heterocycles. The monoisotopic (exact) mass is 261 g/mol. The highest BCUT2D eigenvalue weighted by atomic mass is 16.5. The summed E-state index contributed by atoms with van der Waals surface area (Å²) in [5.41, 5.74) is 1.16. The average molecular weight is 261 g/mol. The highest BCUT2D eigenvalue weighted by molar-refractivity contribution is 5.36. The van der Waals surface area contributed by atoms with Crippen molar-refractivity contribution in [2.24, 2.45) is 0 Å². The third-order valence-corrected chi connectivity index (χ3v) is 2.41. The van der Waals surface area contributed by atoms with E-state index in [2.05, 4.69) is 20.4 Å². The number of ether oxygens (including phenoxy) is 1. The second-order valence-electron chi connectivity index (χ2n) is 4.62. The summed E-state index contributed by atoms with van der Waals surface area (Å²) in [6.45, 7) is 7.50. The summed E-state index contributed by atoms with van der Waals surface area (Å²) in [7, 11) is 0. The van der Waals surface area contributed by atoms with E-state index in [1.54, 1.807) is 6.07 Å². The van der Waals surface area contributed by atoms with Gasteiger partial charge < -0.3 is 10.1 Å². The summed E-state index contributed by atoms with van der Waals surface area (Å²) in [5, 5.41) is 7.45. The van der Waals surface area contributed by atoms with Crippen LogP contribution in [-0.2, 0) is 6.54 Å². The number of nitrogens with one attached hydrogen (secondary N) is 1. The van der Waals surface area contributed by atoms with E-state index in [-0.39, 0.29) is 6.10 Å². The largest absolute Gasteiger partial charge is 0.475 e. The molecule has 0 radical (unpaired) electrons. The molecule has 0 saturated carbocycles. The maximum Gasteiger partial charge on any atom is 0.218 e. The second kappa shape index (κ2) is 6.17. The van der Waals surface area contributed by atoms with Crippen LogP contribution >= 0.6 is 0 Å². The summed E-state index contributed by atoms with van der Waals surface area (Å²) in [5.74, 6) is 1.34. The lowest BCUT2D eigenvalue weighted by molar-refractivity contribution is 0.232. The van der Waals surface area contributed by atoms with Crippen molar-refractivity contribution in [2.75, 3.05) is 11.9 Å². The third kappa shape index (κ3) is 4.24. The molecule has 0 aromatic carbocycles. The average Bonchev–Trinajstić information content (AvgIpc) is 2.75. The van der Waals surface area contributed by atoms with Gasteiger partial charge in [-0.25, -0.2) is 9.97 Å². The van der Waals surface area contributed by atoms with Gasteiger partial charge in [-0.3, -0.25) is 4.68 Å². The van der Waals surface area contributed by atoms with Gasteiger partial charge in [-0.15, -0.1) is 0 Å². The first-order valence-electron chi connectivity index (χ1n) is 6.35. The molecule has 0 saturated heterocycles. The first-order valence-corrected chi connectivity index (χ1v) is 6.35. The molecule has 0 fully saturated rings. The molecule has 2 heterocycles. The summed E-state index contributed by atoms with van der Waals surface area (Å²) in [6, 6.07) is 1.80. The summed E-state index contributed by atoms with van der Waals surface area (Å²) in [4.78, 5) is 8.21. The van der Waals surface area contributed by atoms with Crippen LogP contribution in [0, 0.1) is 6.92 Å². The summed E-state index contributed by atoms with van der Waals surface area (Å²) < 4.78 is 7.41. The van der Waals surface area contributed by atoms with Gasteiger partial charge in [-0.1, -0.05) is 0 Å². The molecule has 0 aliphatic rings. The molecule has 2 rings (SSSR count). The molecular weight excluding hydrogens is 242 g/mol. The number of aryl methyl sites for hydroxylation is 1. The van der Waals surface area contributed by atoms with E-state index in [9.17, 15) is 0 Å². The van der Waals surface area contributed by atoms with Crippen LogP contribution in [-0.4, -0.2) is 32.4 Å². The van der Waals surface area contributed by atoms with Crippen LogP contribution in [0.1, 0.15) is 19.4 Å². The zero-order chi connectivity index (χ0) is 13.7. The predicted octanol–water partition coefficient (Wildman–Crippen LogP) is 1.88. The van der Waals surface area contributed by atoms with Crippen molar-refractivity contribution in [3.05, 3.63) is 30.4 Å². The van der Waals surface area contributed by atoms with Crippen LogP contribution in [0.25, 0.3) is 0 Å². The van der Waals surface area contributed by atoms with E-state index >= 15 is 0 Å². The Morgan fingerprint density at radius 3 is 2.89 bits per heavy atom. The lowest BCUT2D eigenvalue weighted by atomic mass is 10.4. The fourth-order valence-corrected chi connectivity index (χ4v) is 1.63. The third-order valence-electron chi connectivity index (χ3n) is 2.41. The molecule has 2 aromatic rings. The number of nitrogens with zero attached hydrogens (tertiary/aromatic N) is 4. The molecule has 2 aromatic heterocycles. The molecule has 0 bridgehead atoms. The highest BCUT2D eigenvalue weighted by Gasteiger charge is 2.02. The zero-order valence-corrected chi connectivity index (χ0v) is 11.5. The van der Waals surface area contributed by atoms with Gasteiger partial charge in [0.1, 0.15) is 12.1 Å². The molecule has 0 unspecified atom stereocenters. The molecular formula is C13H19N5O. The van der Waals surface area contributed by atoms with Crippen LogP contribution in [0.4, 0.5) is 5.82 Å². The molecule has 0 spiro atoms. The molecule has 102 valence electrons. The van der Waals surface area contributed by atoms with E-state index < -0.39 is 0 Å². The Bertz CT molecular complexity index is 523. The summed E-state index contributed by atoms with van der Waals surface area (Å²) in [6.07, 6.45) is 5.46. The van der Waals surface area contributed by atoms with Crippen LogP contribution < -0.4 is 10.1 Å². The van der Waals surface area contributed by atoms with E-state index in [4.69, 9.17) is 4.74 Å². The van der Waals surface area contributed by atoms with E-state index in [1.807, 2.05) is 37.8 Å². The van der Waals surface area contributed by atoms with E-state index in [1.165, 1.54) is 6.33 Å². The minimum absolute atomic E-state index is 0.106. The van der Waals surface area contributed by atoms with Crippen LogP contribution in [0.3, 0.4) is 0 Å². The molecule has 6 heteroatoms. The van der Waals surface area contributed by atoms with Crippen molar-refractivity contribution in [3.63, 3.8) is 0 Å². The van der Waals surface area contributed by atoms with Gasteiger partial charge in [0.2, 0.25) is 5.88 Å². The van der Waals surface area contributed by atoms with E-state index in [0.29, 0.717) is 5.88 Å². The van der Waals surface area contributed by atoms with Crippen LogP contribution in [0.5, 0.6) is 5.88 Å². The van der Waals surface area contributed by atoms with Gasteiger partial charge in [0, 0.05) is 18.8 Å². The molecule has 6 nitrogen and oxygen atoms in total. The maximum absolute atomic E-state index is 5.51. The summed E-state index contributed by atoms with van der Waals surface area (Å²) >= 11 is 0. The number of rotatable bonds is 6. The molecule has 0 amide bonds. The van der Waals surface area contributed by atoms with Crippen LogP contribution in [0.15, 0.2) is 24.8 Å². The number of hydrogen-bond acceptors (Lipinski definition) is 5. The normalized spacial score (nSPS) is 10.7. The lowest BCUT2D eigenvalue weighted by Gasteiger charge is -2.10. The number of aromatic nitrogens is 4. The minimum Gasteiger partial charge on any atom is -0.475 e. The maximum atomic E-state index is 5.51. The minimum atomic E-state index is 0.106. The van der Waals surface area contributed by atoms with Gasteiger partial charge >= 0.3 is 0 Å². The topological polar surface area (TPSA) is 64.9 Å². The first-order chi connectivity index (χ1) is 9.13. The van der Waals surface area contributed by atoms with Gasteiger partial charge in [0.15, 0.2) is 0 Å². The number of hydrogen-bond donors (Lipinski definition) is 1. The Morgan fingerprint density at radius 2 is 2.21 bits per heavy atom. The molecule has 1 N–H and O–H groups in total. The Morgan fingerprint density at radius 1 is 1.37 bits per heavy atom. The van der Waals surface area contributed by atoms with Gasteiger partial charge in [0.25, 0.3) is 0 Å². The molecule has 0 atom stereocenters. The molecule has 19 heavy (non-hydrogen) atoms. The van der Waals surface area contributed by atoms with Crippen molar-refractivity contribution in [1.29, 1.82) is 0 Å². The fourth-order valence-electron chi connectivity index (χ4n) is 1.63. The Hall–Kier alpha value is -2.11. The van der Waals surface area contributed by atoms with Crippen molar-refractivity contribution in [2.45, 2.75) is 33.4 Å². The Balaban J connectivity index is 1.85. The second-order valence-corrected chi connectivity index (χ2v) is 4.62. The van der Waals surface area contributed by atoms with Crippen LogP contribution in [0.2, 0.25) is 0 Å². The predicted molar refractivity (Wildman–Crippen MR) is 73.2 cm³/mol. The Kier molecular flexibility index (Phi) is 4.33. The Labute approximate surface area is 112 Å². The SMILES string of the molecule is Cc1cnn(CCNc2cc(OC(C)C)ncn2)c1. The molecule has 0 aliphatic carbocycles. The highest BCUT2D eigenvalue weighted by Crippen LogP contribution is 2.12. The first kappa shape index (κ1) is 13.3.